The van der Waals surface area contributed by atoms with Crippen molar-refractivity contribution in [2.75, 3.05) is 0 Å². The number of aromatic nitrogens is 3. The highest BCUT2D eigenvalue weighted by Crippen LogP contribution is 2.37. The third-order valence-corrected chi connectivity index (χ3v) is 3.30. The molecule has 0 aliphatic rings. The van der Waals surface area contributed by atoms with Crippen LogP contribution in [0.1, 0.15) is 39.0 Å². The quantitative estimate of drug-likeness (QED) is 0.906. The van der Waals surface area contributed by atoms with Gasteiger partial charge in [-0.3, -0.25) is 0 Å². The van der Waals surface area contributed by atoms with Crippen LogP contribution in [0.25, 0.3) is 0 Å². The van der Waals surface area contributed by atoms with Crippen LogP contribution in [0.4, 0.5) is 0 Å². The summed E-state index contributed by atoms with van der Waals surface area (Å²) in [6.07, 6.45) is 0.341. The van der Waals surface area contributed by atoms with Gasteiger partial charge in [0.2, 0.25) is 0 Å². The molecular formula is C9H16BrN3O. The van der Waals surface area contributed by atoms with E-state index in [1.54, 1.807) is 11.7 Å². The second-order valence-corrected chi connectivity index (χ2v) is 4.88. The molecule has 0 fully saturated rings. The summed E-state index contributed by atoms with van der Waals surface area (Å²) >= 11 is 3.28. The van der Waals surface area contributed by atoms with Crippen molar-refractivity contribution in [2.45, 2.75) is 33.3 Å². The van der Waals surface area contributed by atoms with Crippen LogP contribution >= 0.6 is 15.9 Å². The van der Waals surface area contributed by atoms with Gasteiger partial charge in [0, 0.05) is 7.05 Å². The summed E-state index contributed by atoms with van der Waals surface area (Å²) in [6, 6.07) is 0. The van der Waals surface area contributed by atoms with Crippen LogP contribution < -0.4 is 0 Å². The Balaban J connectivity index is 3.06. The molecule has 80 valence electrons. The molecule has 0 amide bonds. The third-order valence-electron chi connectivity index (χ3n) is 2.74. The van der Waals surface area contributed by atoms with Crippen molar-refractivity contribution in [1.29, 1.82) is 0 Å². The molecule has 0 aliphatic heterocycles. The largest absolute Gasteiger partial charge is 0.386 e. The average Bonchev–Trinajstić information content (AvgIpc) is 2.45. The molecule has 1 rings (SSSR count). The lowest BCUT2D eigenvalue weighted by atomic mass is 9.82. The molecule has 14 heavy (non-hydrogen) atoms. The predicted molar refractivity (Wildman–Crippen MR) is 57.7 cm³/mol. The Morgan fingerprint density at radius 3 is 2.50 bits per heavy atom. The van der Waals surface area contributed by atoms with Gasteiger partial charge in [-0.2, -0.15) is 0 Å². The zero-order chi connectivity index (χ0) is 10.9. The van der Waals surface area contributed by atoms with E-state index < -0.39 is 6.10 Å². The van der Waals surface area contributed by atoms with E-state index in [9.17, 15) is 5.11 Å². The van der Waals surface area contributed by atoms with Crippen molar-refractivity contribution in [3.05, 3.63) is 10.3 Å². The third kappa shape index (κ3) is 1.98. The van der Waals surface area contributed by atoms with Gasteiger partial charge in [0.05, 0.1) is 0 Å². The molecule has 0 aliphatic carbocycles. The fourth-order valence-electron chi connectivity index (χ4n) is 1.19. The first-order chi connectivity index (χ1) is 6.40. The van der Waals surface area contributed by atoms with Gasteiger partial charge >= 0.3 is 0 Å². The SMILES string of the molecule is CCC(C)(C)C(O)c1c(Br)nnn1C. The van der Waals surface area contributed by atoms with Crippen LogP contribution in [0.2, 0.25) is 0 Å². The second kappa shape index (κ2) is 3.98. The maximum absolute atomic E-state index is 10.2. The van der Waals surface area contributed by atoms with Crippen LogP contribution in [-0.4, -0.2) is 20.1 Å². The molecule has 5 heteroatoms. The fraction of sp³-hybridized carbons (Fsp3) is 0.778. The molecule has 0 bridgehead atoms. The molecule has 1 N–H and O–H groups in total. The van der Waals surface area contributed by atoms with Crippen molar-refractivity contribution in [2.24, 2.45) is 12.5 Å². The summed E-state index contributed by atoms with van der Waals surface area (Å²) in [4.78, 5) is 0. The summed E-state index contributed by atoms with van der Waals surface area (Å²) in [5.41, 5.74) is 0.565. The molecule has 0 aromatic carbocycles. The maximum atomic E-state index is 10.2. The first-order valence-corrected chi connectivity index (χ1v) is 5.42. The van der Waals surface area contributed by atoms with E-state index in [0.29, 0.717) is 4.60 Å². The van der Waals surface area contributed by atoms with Crippen LogP contribution in [-0.2, 0) is 7.05 Å². The summed E-state index contributed by atoms with van der Waals surface area (Å²) in [5, 5.41) is 17.9. The van der Waals surface area contributed by atoms with Gasteiger partial charge in [-0.05, 0) is 27.8 Å². The van der Waals surface area contributed by atoms with Crippen LogP contribution in [0, 0.1) is 5.41 Å². The smallest absolute Gasteiger partial charge is 0.154 e. The monoisotopic (exact) mass is 261 g/mol. The summed E-state index contributed by atoms with van der Waals surface area (Å²) in [7, 11) is 1.78. The van der Waals surface area contributed by atoms with Crippen molar-refractivity contribution in [1.82, 2.24) is 15.0 Å². The summed E-state index contributed by atoms with van der Waals surface area (Å²) < 4.78 is 2.22. The van der Waals surface area contributed by atoms with Crippen molar-refractivity contribution in [3.63, 3.8) is 0 Å². The number of aliphatic hydroxyl groups excluding tert-OH is 1. The van der Waals surface area contributed by atoms with Gasteiger partial charge in [0.25, 0.3) is 0 Å². The molecule has 4 nitrogen and oxygen atoms in total. The van der Waals surface area contributed by atoms with Gasteiger partial charge in [-0.1, -0.05) is 26.0 Å². The van der Waals surface area contributed by atoms with Gasteiger partial charge < -0.3 is 5.11 Å². The molecule has 1 unspecified atom stereocenters. The Hall–Kier alpha value is -0.420. The number of nitrogens with zero attached hydrogens (tertiary/aromatic N) is 3. The Labute approximate surface area is 92.4 Å². The normalized spacial score (nSPS) is 14.4. The van der Waals surface area contributed by atoms with Gasteiger partial charge in [-0.25, -0.2) is 4.68 Å². The first kappa shape index (κ1) is 11.7. The summed E-state index contributed by atoms with van der Waals surface area (Å²) in [5.74, 6) is 0. The maximum Gasteiger partial charge on any atom is 0.154 e. The molecule has 0 saturated carbocycles. The molecular weight excluding hydrogens is 246 g/mol. The van der Waals surface area contributed by atoms with E-state index in [-0.39, 0.29) is 5.41 Å². The zero-order valence-electron chi connectivity index (χ0n) is 8.95. The number of halogens is 1. The molecule has 1 atom stereocenters. The van der Waals surface area contributed by atoms with E-state index in [1.807, 2.05) is 13.8 Å². The van der Waals surface area contributed by atoms with Crippen LogP contribution in [0.3, 0.4) is 0 Å². The Morgan fingerprint density at radius 2 is 2.14 bits per heavy atom. The molecule has 0 radical (unpaired) electrons. The van der Waals surface area contributed by atoms with E-state index in [1.165, 1.54) is 0 Å². The molecule has 1 aromatic rings. The molecule has 1 aromatic heterocycles. The van der Waals surface area contributed by atoms with Crippen molar-refractivity contribution < 1.29 is 5.11 Å². The van der Waals surface area contributed by atoms with E-state index in [2.05, 4.69) is 33.2 Å². The lowest BCUT2D eigenvalue weighted by Gasteiger charge is -2.29. The Bertz CT molecular complexity index is 302. The zero-order valence-corrected chi connectivity index (χ0v) is 10.5. The lowest BCUT2D eigenvalue weighted by Crippen LogP contribution is -2.23. The summed E-state index contributed by atoms with van der Waals surface area (Å²) in [6.45, 7) is 6.11. The topological polar surface area (TPSA) is 50.9 Å². The van der Waals surface area contributed by atoms with Gasteiger partial charge in [0.15, 0.2) is 4.60 Å². The van der Waals surface area contributed by atoms with Crippen molar-refractivity contribution in [3.8, 4) is 0 Å². The lowest BCUT2D eigenvalue weighted by molar-refractivity contribution is 0.0393. The fourth-order valence-corrected chi connectivity index (χ4v) is 1.74. The van der Waals surface area contributed by atoms with Crippen LogP contribution in [0.5, 0.6) is 0 Å². The standard InChI is InChI=1S/C9H16BrN3O/c1-5-9(2,3)7(14)6-8(10)11-12-13(6)4/h7,14H,5H2,1-4H3. The highest BCUT2D eigenvalue weighted by atomic mass is 79.9. The average molecular weight is 262 g/mol. The predicted octanol–water partition coefficient (Wildman–Crippen LogP) is 2.05. The van der Waals surface area contributed by atoms with E-state index >= 15 is 0 Å². The minimum Gasteiger partial charge on any atom is -0.386 e. The highest BCUT2D eigenvalue weighted by molar-refractivity contribution is 9.10. The molecule has 1 heterocycles. The minimum absolute atomic E-state index is 0.169. The number of aryl methyl sites for hydroxylation is 1. The van der Waals surface area contributed by atoms with Gasteiger partial charge in [0.1, 0.15) is 11.8 Å². The van der Waals surface area contributed by atoms with E-state index in [4.69, 9.17) is 0 Å². The Morgan fingerprint density at radius 1 is 1.57 bits per heavy atom. The van der Waals surface area contributed by atoms with E-state index in [0.717, 1.165) is 12.1 Å². The second-order valence-electron chi connectivity index (χ2n) is 4.13. The number of aliphatic hydroxyl groups is 1. The number of rotatable bonds is 3. The minimum atomic E-state index is -0.554. The first-order valence-electron chi connectivity index (χ1n) is 4.63. The Kier molecular flexibility index (Phi) is 3.32. The molecule has 0 saturated heterocycles. The van der Waals surface area contributed by atoms with Crippen LogP contribution in [0.15, 0.2) is 4.60 Å². The highest BCUT2D eigenvalue weighted by Gasteiger charge is 2.31. The number of hydrogen-bond acceptors (Lipinski definition) is 3. The van der Waals surface area contributed by atoms with Gasteiger partial charge in [-0.15, -0.1) is 5.10 Å². The van der Waals surface area contributed by atoms with Crippen molar-refractivity contribution >= 4 is 15.9 Å². The number of hydrogen-bond donors (Lipinski definition) is 1. The molecule has 0 spiro atoms.